The summed E-state index contributed by atoms with van der Waals surface area (Å²) in [6, 6.07) is 7.10. The highest BCUT2D eigenvalue weighted by Gasteiger charge is 2.07. The maximum absolute atomic E-state index is 4.05. The van der Waals surface area contributed by atoms with Crippen molar-refractivity contribution in [1.82, 2.24) is 14.9 Å². The Bertz CT molecular complexity index is 517. The zero-order chi connectivity index (χ0) is 14.4. The first-order valence-electron chi connectivity index (χ1n) is 7.43. The van der Waals surface area contributed by atoms with Gasteiger partial charge in [0.1, 0.15) is 0 Å². The molecule has 0 aliphatic heterocycles. The highest BCUT2D eigenvalue weighted by atomic mass is 15.0. The van der Waals surface area contributed by atoms with Crippen LogP contribution in [-0.2, 0) is 6.54 Å². The van der Waals surface area contributed by atoms with Crippen LogP contribution in [0.4, 0.5) is 0 Å². The quantitative estimate of drug-likeness (QED) is 0.779. The second-order valence-electron chi connectivity index (χ2n) is 5.54. The molecule has 1 unspecified atom stereocenters. The fourth-order valence-corrected chi connectivity index (χ4v) is 2.49. The lowest BCUT2D eigenvalue weighted by atomic mass is 10.00. The number of benzene rings is 1. The highest BCUT2D eigenvalue weighted by Crippen LogP contribution is 2.18. The molecule has 0 aliphatic rings. The van der Waals surface area contributed by atoms with Crippen LogP contribution in [0.1, 0.15) is 42.5 Å². The predicted molar refractivity (Wildman–Crippen MR) is 83.8 cm³/mol. The number of hydrogen-bond acceptors (Lipinski definition) is 2. The number of imidazole rings is 1. The van der Waals surface area contributed by atoms with Gasteiger partial charge in [0.15, 0.2) is 0 Å². The zero-order valence-electron chi connectivity index (χ0n) is 12.8. The zero-order valence-corrected chi connectivity index (χ0v) is 12.8. The van der Waals surface area contributed by atoms with E-state index >= 15 is 0 Å². The summed E-state index contributed by atoms with van der Waals surface area (Å²) in [7, 11) is 0. The van der Waals surface area contributed by atoms with E-state index in [-0.39, 0.29) is 0 Å². The molecule has 108 valence electrons. The molecule has 1 aromatic carbocycles. The van der Waals surface area contributed by atoms with Gasteiger partial charge in [-0.3, -0.25) is 0 Å². The van der Waals surface area contributed by atoms with E-state index in [9.17, 15) is 0 Å². The fraction of sp³-hybridized carbons (Fsp3) is 0.471. The minimum Gasteiger partial charge on any atom is -0.337 e. The third kappa shape index (κ3) is 4.20. The van der Waals surface area contributed by atoms with Gasteiger partial charge < -0.3 is 9.88 Å². The molecule has 2 rings (SSSR count). The Kier molecular flexibility index (Phi) is 5.36. The van der Waals surface area contributed by atoms with Crippen LogP contribution in [0, 0.1) is 13.8 Å². The summed E-state index contributed by atoms with van der Waals surface area (Å²) < 4.78 is 2.13. The van der Waals surface area contributed by atoms with Gasteiger partial charge in [-0.25, -0.2) is 4.98 Å². The lowest BCUT2D eigenvalue weighted by Gasteiger charge is -2.17. The second kappa shape index (κ2) is 7.25. The van der Waals surface area contributed by atoms with Gasteiger partial charge in [-0.1, -0.05) is 23.8 Å². The molecular weight excluding hydrogens is 246 g/mol. The van der Waals surface area contributed by atoms with E-state index in [2.05, 4.69) is 53.8 Å². The van der Waals surface area contributed by atoms with Crippen molar-refractivity contribution < 1.29 is 0 Å². The Labute approximate surface area is 122 Å². The van der Waals surface area contributed by atoms with Crippen LogP contribution < -0.4 is 5.32 Å². The third-order valence-corrected chi connectivity index (χ3v) is 3.75. The van der Waals surface area contributed by atoms with Gasteiger partial charge in [0, 0.05) is 25.0 Å². The summed E-state index contributed by atoms with van der Waals surface area (Å²) >= 11 is 0. The first kappa shape index (κ1) is 14.8. The molecule has 0 spiro atoms. The number of nitrogens with one attached hydrogen (secondary N) is 1. The van der Waals surface area contributed by atoms with E-state index in [0.717, 1.165) is 13.1 Å². The van der Waals surface area contributed by atoms with E-state index in [1.165, 1.54) is 29.5 Å². The minimum atomic E-state index is 0.420. The summed E-state index contributed by atoms with van der Waals surface area (Å²) in [6.07, 6.45) is 8.11. The van der Waals surface area contributed by atoms with Gasteiger partial charge in [-0.05, 0) is 51.3 Å². The van der Waals surface area contributed by atoms with Crippen molar-refractivity contribution in [2.75, 3.05) is 6.54 Å². The molecule has 1 atom stereocenters. The molecule has 0 saturated carbocycles. The molecule has 3 heteroatoms. The maximum atomic E-state index is 4.05. The number of hydrogen-bond donors (Lipinski definition) is 1. The number of nitrogens with zero attached hydrogens (tertiary/aromatic N) is 2. The number of aromatic nitrogens is 2. The molecule has 3 nitrogen and oxygen atoms in total. The van der Waals surface area contributed by atoms with Crippen molar-refractivity contribution in [2.24, 2.45) is 0 Å². The van der Waals surface area contributed by atoms with E-state index in [0.29, 0.717) is 6.04 Å². The molecule has 0 fully saturated rings. The van der Waals surface area contributed by atoms with Gasteiger partial charge in [-0.15, -0.1) is 0 Å². The predicted octanol–water partition coefficient (Wildman–Crippen LogP) is 3.63. The fourth-order valence-electron chi connectivity index (χ4n) is 2.49. The summed E-state index contributed by atoms with van der Waals surface area (Å²) in [6.45, 7) is 8.70. The lowest BCUT2D eigenvalue weighted by Crippen LogP contribution is -2.21. The minimum absolute atomic E-state index is 0.420. The van der Waals surface area contributed by atoms with Gasteiger partial charge in [0.25, 0.3) is 0 Å². The molecule has 0 radical (unpaired) electrons. The number of aryl methyl sites for hydroxylation is 3. The second-order valence-corrected chi connectivity index (χ2v) is 5.54. The van der Waals surface area contributed by atoms with Crippen molar-refractivity contribution in [3.8, 4) is 0 Å². The molecule has 0 aliphatic carbocycles. The smallest absolute Gasteiger partial charge is 0.0945 e. The molecule has 0 saturated heterocycles. The summed E-state index contributed by atoms with van der Waals surface area (Å²) in [5, 5.41) is 3.62. The van der Waals surface area contributed by atoms with Crippen LogP contribution in [0.15, 0.2) is 36.9 Å². The average molecular weight is 271 g/mol. The summed E-state index contributed by atoms with van der Waals surface area (Å²) in [4.78, 5) is 4.05. The van der Waals surface area contributed by atoms with Crippen LogP contribution in [0.5, 0.6) is 0 Å². The SMILES string of the molecule is Cc1ccc(C)c(C(C)NCCCCn2ccnc2)c1. The molecule has 2 aromatic rings. The molecule has 0 bridgehead atoms. The number of unbranched alkanes of at least 4 members (excludes halogenated alkanes) is 1. The van der Waals surface area contributed by atoms with Gasteiger partial charge in [0.05, 0.1) is 6.33 Å². The molecular formula is C17H25N3. The van der Waals surface area contributed by atoms with Crippen LogP contribution in [-0.4, -0.2) is 16.1 Å². The van der Waals surface area contributed by atoms with Gasteiger partial charge in [-0.2, -0.15) is 0 Å². The summed E-state index contributed by atoms with van der Waals surface area (Å²) in [5.74, 6) is 0. The van der Waals surface area contributed by atoms with E-state index in [1.807, 2.05) is 18.7 Å². The van der Waals surface area contributed by atoms with Gasteiger partial charge >= 0.3 is 0 Å². The van der Waals surface area contributed by atoms with Crippen LogP contribution in [0.25, 0.3) is 0 Å². The van der Waals surface area contributed by atoms with Crippen molar-refractivity contribution in [3.63, 3.8) is 0 Å². The Morgan fingerprint density at radius 3 is 2.85 bits per heavy atom. The molecule has 1 heterocycles. The monoisotopic (exact) mass is 271 g/mol. The van der Waals surface area contributed by atoms with Crippen LogP contribution in [0.2, 0.25) is 0 Å². The molecule has 0 amide bonds. The molecule has 20 heavy (non-hydrogen) atoms. The van der Waals surface area contributed by atoms with Crippen LogP contribution in [0.3, 0.4) is 0 Å². The molecule has 1 N–H and O–H groups in total. The first-order valence-corrected chi connectivity index (χ1v) is 7.43. The van der Waals surface area contributed by atoms with Crippen molar-refractivity contribution in [1.29, 1.82) is 0 Å². The summed E-state index contributed by atoms with van der Waals surface area (Å²) in [5.41, 5.74) is 4.12. The Morgan fingerprint density at radius 1 is 1.25 bits per heavy atom. The van der Waals surface area contributed by atoms with E-state index in [1.54, 1.807) is 0 Å². The lowest BCUT2D eigenvalue weighted by molar-refractivity contribution is 0.522. The highest BCUT2D eigenvalue weighted by molar-refractivity contribution is 5.32. The Morgan fingerprint density at radius 2 is 2.10 bits per heavy atom. The third-order valence-electron chi connectivity index (χ3n) is 3.75. The van der Waals surface area contributed by atoms with E-state index < -0.39 is 0 Å². The average Bonchev–Trinajstić information content (AvgIpc) is 2.94. The Balaban J connectivity index is 1.72. The van der Waals surface area contributed by atoms with Crippen molar-refractivity contribution >= 4 is 0 Å². The Hall–Kier alpha value is -1.61. The van der Waals surface area contributed by atoms with E-state index in [4.69, 9.17) is 0 Å². The normalized spacial score (nSPS) is 12.6. The van der Waals surface area contributed by atoms with Gasteiger partial charge in [0.2, 0.25) is 0 Å². The van der Waals surface area contributed by atoms with Crippen molar-refractivity contribution in [3.05, 3.63) is 53.6 Å². The van der Waals surface area contributed by atoms with Crippen LogP contribution >= 0.6 is 0 Å². The number of rotatable bonds is 7. The first-order chi connectivity index (χ1) is 9.66. The standard InChI is InChI=1S/C17H25N3/c1-14-6-7-15(2)17(12-14)16(3)19-8-4-5-10-20-11-9-18-13-20/h6-7,9,11-13,16,19H,4-5,8,10H2,1-3H3. The molecule has 1 aromatic heterocycles. The topological polar surface area (TPSA) is 29.9 Å². The van der Waals surface area contributed by atoms with Crippen molar-refractivity contribution in [2.45, 2.75) is 46.2 Å². The largest absolute Gasteiger partial charge is 0.337 e. The maximum Gasteiger partial charge on any atom is 0.0945 e.